The predicted octanol–water partition coefficient (Wildman–Crippen LogP) is 3.48. The summed E-state index contributed by atoms with van der Waals surface area (Å²) in [6, 6.07) is 8.32. The van der Waals surface area contributed by atoms with Crippen LogP contribution in [0.15, 0.2) is 29.1 Å². The second-order valence-corrected chi connectivity index (χ2v) is 6.71. The molecule has 0 saturated heterocycles. The molecule has 0 amide bonds. The molecule has 0 radical (unpaired) electrons. The van der Waals surface area contributed by atoms with Gasteiger partial charge in [0.2, 0.25) is 5.88 Å². The number of hydrogen-bond acceptors (Lipinski definition) is 5. The lowest BCUT2D eigenvalue weighted by Gasteiger charge is -2.20. The Bertz CT molecular complexity index is 962. The van der Waals surface area contributed by atoms with Crippen LogP contribution in [0.2, 0.25) is 0 Å². The first-order valence-corrected chi connectivity index (χ1v) is 9.15. The van der Waals surface area contributed by atoms with E-state index in [1.54, 1.807) is 24.3 Å². The van der Waals surface area contributed by atoms with Gasteiger partial charge in [-0.1, -0.05) is 12.8 Å². The van der Waals surface area contributed by atoms with Crippen LogP contribution >= 0.6 is 0 Å². The van der Waals surface area contributed by atoms with Crippen molar-refractivity contribution in [1.82, 2.24) is 4.57 Å². The van der Waals surface area contributed by atoms with Gasteiger partial charge in [0.1, 0.15) is 17.4 Å². The van der Waals surface area contributed by atoms with E-state index >= 15 is 0 Å². The molecule has 0 spiro atoms. The van der Waals surface area contributed by atoms with E-state index in [1.807, 2.05) is 13.0 Å². The third-order valence-corrected chi connectivity index (χ3v) is 5.09. The molecule has 1 saturated carbocycles. The number of ketones is 1. The molecular weight excluding hydrogens is 344 g/mol. The molecule has 1 fully saturated rings. The molecule has 1 N–H and O–H groups in total. The highest BCUT2D eigenvalue weighted by molar-refractivity contribution is 6.11. The van der Waals surface area contributed by atoms with Crippen molar-refractivity contribution in [3.8, 4) is 17.7 Å². The summed E-state index contributed by atoms with van der Waals surface area (Å²) in [6.45, 7) is 3.92. The number of nitrogens with zero attached hydrogens (tertiary/aromatic N) is 2. The van der Waals surface area contributed by atoms with E-state index < -0.39 is 11.3 Å². The number of ether oxygens (including phenoxy) is 1. The van der Waals surface area contributed by atoms with Gasteiger partial charge in [-0.05, 0) is 56.5 Å². The van der Waals surface area contributed by atoms with Crippen molar-refractivity contribution in [3.63, 3.8) is 0 Å². The lowest BCUT2D eigenvalue weighted by molar-refractivity contribution is 0.103. The van der Waals surface area contributed by atoms with E-state index in [2.05, 4.69) is 0 Å². The van der Waals surface area contributed by atoms with Gasteiger partial charge in [0.25, 0.3) is 5.56 Å². The number of pyridine rings is 1. The maximum atomic E-state index is 13.1. The van der Waals surface area contributed by atoms with Crippen LogP contribution in [-0.4, -0.2) is 22.1 Å². The lowest BCUT2D eigenvalue weighted by atomic mass is 9.96. The molecule has 6 nitrogen and oxygen atoms in total. The number of hydrogen-bond donors (Lipinski definition) is 1. The standard InChI is InChI=1S/C21H22N2O4/c1-3-27-16-10-8-14(9-11-16)19(24)18-13(2)17(12-22)20(25)23(21(18)26)15-6-4-5-7-15/h8-11,15,26H,3-7H2,1-2H3. The van der Waals surface area contributed by atoms with Crippen LogP contribution in [0.25, 0.3) is 0 Å². The lowest BCUT2D eigenvalue weighted by Crippen LogP contribution is -2.29. The first-order chi connectivity index (χ1) is 13.0. The summed E-state index contributed by atoms with van der Waals surface area (Å²) < 4.78 is 6.62. The molecule has 2 aromatic rings. The van der Waals surface area contributed by atoms with Crippen LogP contribution in [-0.2, 0) is 0 Å². The van der Waals surface area contributed by atoms with Gasteiger partial charge in [0, 0.05) is 11.6 Å². The monoisotopic (exact) mass is 366 g/mol. The smallest absolute Gasteiger partial charge is 0.271 e. The minimum Gasteiger partial charge on any atom is -0.494 e. The fourth-order valence-corrected chi connectivity index (χ4v) is 3.71. The molecule has 140 valence electrons. The van der Waals surface area contributed by atoms with Gasteiger partial charge in [-0.15, -0.1) is 0 Å². The molecule has 3 rings (SSSR count). The first-order valence-electron chi connectivity index (χ1n) is 9.15. The number of aromatic nitrogens is 1. The van der Waals surface area contributed by atoms with Gasteiger partial charge < -0.3 is 9.84 Å². The van der Waals surface area contributed by atoms with E-state index in [1.165, 1.54) is 11.5 Å². The Hall–Kier alpha value is -3.07. The summed E-state index contributed by atoms with van der Waals surface area (Å²) in [5.41, 5.74) is -0.0238. The molecule has 1 aliphatic carbocycles. The van der Waals surface area contributed by atoms with Crippen molar-refractivity contribution in [2.75, 3.05) is 6.61 Å². The number of benzene rings is 1. The summed E-state index contributed by atoms with van der Waals surface area (Å²) in [5.74, 6) is -0.123. The van der Waals surface area contributed by atoms with Crippen molar-refractivity contribution in [2.45, 2.75) is 45.6 Å². The van der Waals surface area contributed by atoms with Gasteiger partial charge in [0.15, 0.2) is 5.78 Å². The molecule has 0 unspecified atom stereocenters. The summed E-state index contributed by atoms with van der Waals surface area (Å²) in [7, 11) is 0. The van der Waals surface area contributed by atoms with E-state index in [-0.39, 0.29) is 28.6 Å². The average Bonchev–Trinajstić information content (AvgIpc) is 3.17. The third-order valence-electron chi connectivity index (χ3n) is 5.09. The summed E-state index contributed by atoms with van der Waals surface area (Å²) in [5, 5.41) is 20.3. The van der Waals surface area contributed by atoms with Crippen molar-refractivity contribution >= 4 is 5.78 Å². The molecule has 1 heterocycles. The van der Waals surface area contributed by atoms with E-state index in [9.17, 15) is 20.0 Å². The number of carbonyl (C=O) groups is 1. The van der Waals surface area contributed by atoms with Gasteiger partial charge in [-0.25, -0.2) is 0 Å². The summed E-state index contributed by atoms with van der Waals surface area (Å²) in [4.78, 5) is 25.8. The third kappa shape index (κ3) is 3.33. The Labute approximate surface area is 157 Å². The van der Waals surface area contributed by atoms with Gasteiger partial charge in [0.05, 0.1) is 12.2 Å². The van der Waals surface area contributed by atoms with Gasteiger partial charge in [-0.2, -0.15) is 5.26 Å². The highest BCUT2D eigenvalue weighted by Gasteiger charge is 2.29. The van der Waals surface area contributed by atoms with Crippen molar-refractivity contribution in [3.05, 3.63) is 56.9 Å². The van der Waals surface area contributed by atoms with Crippen molar-refractivity contribution < 1.29 is 14.6 Å². The average molecular weight is 366 g/mol. The van der Waals surface area contributed by atoms with Crippen molar-refractivity contribution in [1.29, 1.82) is 5.26 Å². The largest absolute Gasteiger partial charge is 0.494 e. The molecule has 0 aliphatic heterocycles. The quantitative estimate of drug-likeness (QED) is 0.818. The highest BCUT2D eigenvalue weighted by atomic mass is 16.5. The SMILES string of the molecule is CCOc1ccc(C(=O)c2c(C)c(C#N)c(=O)n(C3CCCC3)c2O)cc1. The second kappa shape index (κ2) is 7.67. The molecule has 27 heavy (non-hydrogen) atoms. The Morgan fingerprint density at radius 1 is 1.30 bits per heavy atom. The number of carbonyl (C=O) groups excluding carboxylic acids is 1. The Kier molecular flexibility index (Phi) is 5.31. The van der Waals surface area contributed by atoms with Gasteiger partial charge >= 0.3 is 0 Å². The fourth-order valence-electron chi connectivity index (χ4n) is 3.71. The topological polar surface area (TPSA) is 92.3 Å². The zero-order chi connectivity index (χ0) is 19.6. The minimum atomic E-state index is -0.525. The predicted molar refractivity (Wildman–Crippen MR) is 100 cm³/mol. The molecule has 6 heteroatoms. The van der Waals surface area contributed by atoms with Crippen LogP contribution in [0.1, 0.15) is 65.7 Å². The van der Waals surface area contributed by atoms with E-state index in [0.717, 1.165) is 25.7 Å². The van der Waals surface area contributed by atoms with E-state index in [0.29, 0.717) is 17.9 Å². The Morgan fingerprint density at radius 3 is 2.48 bits per heavy atom. The zero-order valence-electron chi connectivity index (χ0n) is 15.5. The zero-order valence-corrected chi connectivity index (χ0v) is 15.5. The Balaban J connectivity index is 2.14. The highest BCUT2D eigenvalue weighted by Crippen LogP contribution is 2.34. The van der Waals surface area contributed by atoms with Crippen LogP contribution < -0.4 is 10.3 Å². The molecule has 0 atom stereocenters. The normalized spacial score (nSPS) is 14.1. The van der Waals surface area contributed by atoms with Crippen molar-refractivity contribution in [2.24, 2.45) is 0 Å². The maximum Gasteiger partial charge on any atom is 0.271 e. The maximum absolute atomic E-state index is 13.1. The molecular formula is C21H22N2O4. The first kappa shape index (κ1) is 18.7. The summed E-state index contributed by atoms with van der Waals surface area (Å²) >= 11 is 0. The number of rotatable bonds is 5. The Morgan fingerprint density at radius 2 is 1.93 bits per heavy atom. The molecule has 1 aliphatic rings. The van der Waals surface area contributed by atoms with E-state index in [4.69, 9.17) is 4.74 Å². The fraction of sp³-hybridized carbons (Fsp3) is 0.381. The van der Waals surface area contributed by atoms with Gasteiger partial charge in [-0.3, -0.25) is 14.2 Å². The molecule has 1 aromatic heterocycles. The number of aromatic hydroxyl groups is 1. The molecule has 1 aromatic carbocycles. The van der Waals surface area contributed by atoms with Crippen LogP contribution in [0, 0.1) is 18.3 Å². The second-order valence-electron chi connectivity index (χ2n) is 6.71. The molecule has 0 bridgehead atoms. The number of nitriles is 1. The van der Waals surface area contributed by atoms with Crippen LogP contribution in [0.4, 0.5) is 0 Å². The summed E-state index contributed by atoms with van der Waals surface area (Å²) in [6.07, 6.45) is 3.40. The minimum absolute atomic E-state index is 0.0159. The van der Waals surface area contributed by atoms with Crippen LogP contribution in [0.3, 0.4) is 0 Å². The van der Waals surface area contributed by atoms with Crippen LogP contribution in [0.5, 0.6) is 11.6 Å².